The second-order valence-electron chi connectivity index (χ2n) is 3.36. The Kier molecular flexibility index (Phi) is 10.1. The zero-order chi connectivity index (χ0) is 13.9. The van der Waals surface area contributed by atoms with Crippen LogP contribution in [0.15, 0.2) is 30.2 Å². The molecule has 1 aromatic rings. The number of hydrogen-bond donors (Lipinski definition) is 2. The number of carbonyl (C=O) groups is 1. The van der Waals surface area contributed by atoms with Gasteiger partial charge in [0, 0.05) is 5.95 Å². The van der Waals surface area contributed by atoms with E-state index in [4.69, 9.17) is 10.2 Å². The van der Waals surface area contributed by atoms with Crippen LogP contribution in [-0.4, -0.2) is 29.2 Å². The topological polar surface area (TPSA) is 138 Å². The van der Waals surface area contributed by atoms with Crippen molar-refractivity contribution in [2.24, 2.45) is 0 Å². The number of benzene rings is 1. The molecule has 0 aliphatic rings. The van der Waals surface area contributed by atoms with Gasteiger partial charge >= 0.3 is 65.1 Å². The van der Waals surface area contributed by atoms with E-state index in [1.807, 2.05) is 0 Å². The molecule has 1 atom stereocenters. The molecule has 1 unspecified atom stereocenters. The largest absolute Gasteiger partial charge is 1.00 e. The summed E-state index contributed by atoms with van der Waals surface area (Å²) >= 11 is 0. The first-order valence-corrected chi connectivity index (χ1v) is 6.04. The number of carboxylic acids is 1. The maximum Gasteiger partial charge on any atom is 1.00 e. The number of aliphatic carboxylic acids is 1. The summed E-state index contributed by atoms with van der Waals surface area (Å²) in [4.78, 5) is 10.8. The quantitative estimate of drug-likeness (QED) is 0.320. The first-order chi connectivity index (χ1) is 8.21. The van der Waals surface area contributed by atoms with Crippen LogP contribution in [0.1, 0.15) is 16.4 Å². The minimum atomic E-state index is -5.07. The summed E-state index contributed by atoms with van der Waals surface area (Å²) in [5.41, 5.74) is -0.192. The number of hydrogen-bond acceptors (Lipinski definition) is 6. The van der Waals surface area contributed by atoms with Crippen LogP contribution in [0.25, 0.3) is 6.08 Å². The molecule has 1 aromatic carbocycles. The number of rotatable bonds is 4. The van der Waals surface area contributed by atoms with E-state index in [1.165, 1.54) is 12.1 Å². The van der Waals surface area contributed by atoms with Crippen LogP contribution in [0.2, 0.25) is 0 Å². The number of carboxylic acid groups (broad SMARTS) is 1. The van der Waals surface area contributed by atoms with Gasteiger partial charge in [0.05, 0.1) is 0 Å². The minimum absolute atomic E-state index is 0. The summed E-state index contributed by atoms with van der Waals surface area (Å²) in [6, 6.07) is 4.77. The van der Waals surface area contributed by atoms with Crippen molar-refractivity contribution in [3.63, 3.8) is 0 Å². The molecule has 10 heteroatoms. The molecule has 0 fully saturated rings. The Bertz CT molecular complexity index is 593. The Morgan fingerprint density at radius 3 is 2.20 bits per heavy atom. The SMILES string of the molecule is O=C(O)C(c1cccc(/C=C(/[O-])O)c1)S(=O)(=O)[O-].[Na+].[Na+]. The van der Waals surface area contributed by atoms with Crippen molar-refractivity contribution in [3.05, 3.63) is 41.3 Å². The molecule has 0 amide bonds. The maximum atomic E-state index is 10.8. The van der Waals surface area contributed by atoms with E-state index in [9.17, 15) is 22.9 Å². The molecule has 7 nitrogen and oxygen atoms in total. The van der Waals surface area contributed by atoms with Crippen LogP contribution in [0, 0.1) is 0 Å². The van der Waals surface area contributed by atoms with Gasteiger partial charge < -0.3 is 19.9 Å². The predicted octanol–water partition coefficient (Wildman–Crippen LogP) is -6.42. The summed E-state index contributed by atoms with van der Waals surface area (Å²) < 4.78 is 32.5. The standard InChI is InChI=1S/C10H10O7S.2Na/c11-8(12)5-6-2-1-3-7(4-6)9(10(13)14)18(15,16)17;;/h1-5,9,11-12H,(H,13,14)(H,15,16,17);;/q;2*+1/p-2. The fourth-order valence-electron chi connectivity index (χ4n) is 1.39. The molecule has 0 radical (unpaired) electrons. The van der Waals surface area contributed by atoms with Gasteiger partial charge in [-0.3, -0.25) is 4.79 Å². The number of aliphatic hydroxyl groups excluding tert-OH is 1. The Hall–Kier alpha value is -0.0600. The molecule has 0 heterocycles. The van der Waals surface area contributed by atoms with E-state index in [0.717, 1.165) is 18.2 Å². The summed E-state index contributed by atoms with van der Waals surface area (Å²) in [5, 5.41) is 25.4. The van der Waals surface area contributed by atoms with Crippen LogP contribution in [0.3, 0.4) is 0 Å². The second-order valence-corrected chi connectivity index (χ2v) is 4.82. The van der Waals surface area contributed by atoms with Gasteiger partial charge in [-0.05, 0) is 23.3 Å². The molecule has 2 N–H and O–H groups in total. The average Bonchev–Trinajstić information content (AvgIpc) is 2.13. The van der Waals surface area contributed by atoms with Gasteiger partial charge in [-0.25, -0.2) is 8.42 Å². The Morgan fingerprint density at radius 1 is 1.25 bits per heavy atom. The first kappa shape index (κ1) is 22.2. The fraction of sp³-hybridized carbons (Fsp3) is 0.100. The van der Waals surface area contributed by atoms with Gasteiger partial charge in [-0.1, -0.05) is 18.2 Å². The Balaban J connectivity index is 0. The maximum absolute atomic E-state index is 10.8. The second kappa shape index (κ2) is 9.06. The molecule has 20 heavy (non-hydrogen) atoms. The average molecular weight is 318 g/mol. The molecular weight excluding hydrogens is 310 g/mol. The molecule has 0 aromatic heterocycles. The summed E-state index contributed by atoms with van der Waals surface area (Å²) in [5.74, 6) is -3.08. The predicted molar refractivity (Wildman–Crippen MR) is 57.1 cm³/mol. The van der Waals surface area contributed by atoms with Crippen molar-refractivity contribution in [1.82, 2.24) is 0 Å². The Labute approximate surface area is 159 Å². The third-order valence-corrected chi connectivity index (χ3v) is 3.07. The van der Waals surface area contributed by atoms with E-state index in [0.29, 0.717) is 0 Å². The monoisotopic (exact) mass is 318 g/mol. The van der Waals surface area contributed by atoms with E-state index in [-0.39, 0.29) is 70.2 Å². The van der Waals surface area contributed by atoms with Gasteiger partial charge in [-0.15, -0.1) is 0 Å². The molecule has 0 aliphatic carbocycles. The van der Waals surface area contributed by atoms with E-state index < -0.39 is 27.3 Å². The summed E-state index contributed by atoms with van der Waals surface area (Å²) in [7, 11) is -5.07. The molecule has 0 aliphatic heterocycles. The fourth-order valence-corrected chi connectivity index (χ4v) is 2.11. The van der Waals surface area contributed by atoms with Gasteiger partial charge in [-0.2, -0.15) is 0 Å². The minimum Gasteiger partial charge on any atom is -0.747 e. The molecule has 0 saturated heterocycles. The van der Waals surface area contributed by atoms with Crippen molar-refractivity contribution >= 4 is 22.2 Å². The van der Waals surface area contributed by atoms with Crippen LogP contribution in [0.4, 0.5) is 0 Å². The molecule has 1 rings (SSSR count). The first-order valence-electron chi connectivity index (χ1n) is 4.57. The van der Waals surface area contributed by atoms with Crippen molar-refractivity contribution in [1.29, 1.82) is 0 Å². The van der Waals surface area contributed by atoms with Gasteiger partial charge in [0.15, 0.2) is 5.25 Å². The normalized spacial score (nSPS) is 12.8. The molecule has 0 bridgehead atoms. The van der Waals surface area contributed by atoms with E-state index in [2.05, 4.69) is 0 Å². The van der Waals surface area contributed by atoms with Crippen molar-refractivity contribution in [2.45, 2.75) is 5.25 Å². The number of aliphatic hydroxyl groups is 1. The van der Waals surface area contributed by atoms with E-state index in [1.54, 1.807) is 0 Å². The van der Waals surface area contributed by atoms with Gasteiger partial charge in [0.1, 0.15) is 10.1 Å². The Morgan fingerprint density at radius 2 is 1.80 bits per heavy atom. The van der Waals surface area contributed by atoms with E-state index >= 15 is 0 Å². The molecular formula is C10H8Na2O7S. The zero-order valence-electron chi connectivity index (χ0n) is 10.8. The van der Waals surface area contributed by atoms with Crippen molar-refractivity contribution < 1.29 is 92.2 Å². The smallest absolute Gasteiger partial charge is 0.747 e. The van der Waals surface area contributed by atoms with Crippen molar-refractivity contribution in [2.75, 3.05) is 0 Å². The summed E-state index contributed by atoms with van der Waals surface area (Å²) in [6.07, 6.45) is 0.764. The van der Waals surface area contributed by atoms with Crippen LogP contribution >= 0.6 is 0 Å². The molecule has 0 saturated carbocycles. The zero-order valence-corrected chi connectivity index (χ0v) is 15.6. The third-order valence-electron chi connectivity index (χ3n) is 2.02. The van der Waals surface area contributed by atoms with Crippen LogP contribution in [-0.2, 0) is 14.9 Å². The van der Waals surface area contributed by atoms with Crippen molar-refractivity contribution in [3.8, 4) is 0 Å². The van der Waals surface area contributed by atoms with Crippen LogP contribution < -0.4 is 64.2 Å². The third kappa shape index (κ3) is 6.59. The summed E-state index contributed by atoms with van der Waals surface area (Å²) in [6.45, 7) is 0. The van der Waals surface area contributed by atoms with Gasteiger partial charge in [0.2, 0.25) is 0 Å². The van der Waals surface area contributed by atoms with Crippen LogP contribution in [0.5, 0.6) is 0 Å². The molecule has 0 spiro atoms. The van der Waals surface area contributed by atoms with Gasteiger partial charge in [0.25, 0.3) is 0 Å². The molecule has 98 valence electrons.